The lowest BCUT2D eigenvalue weighted by atomic mass is 10.2. The molecule has 92 valence electrons. The molecule has 18 heavy (non-hydrogen) atoms. The van der Waals surface area contributed by atoms with Gasteiger partial charge in [-0.25, -0.2) is 14.1 Å². The number of imide groups is 1. The molecule has 0 aliphatic carbocycles. The van der Waals surface area contributed by atoms with Crippen LogP contribution in [-0.2, 0) is 9.59 Å². The Morgan fingerprint density at radius 2 is 2.00 bits per heavy atom. The number of hydrogen-bond acceptors (Lipinski definition) is 3. The molecule has 0 aromatic heterocycles. The first kappa shape index (κ1) is 12.0. The van der Waals surface area contributed by atoms with Crippen molar-refractivity contribution in [3.8, 4) is 0 Å². The van der Waals surface area contributed by atoms with E-state index in [1.807, 2.05) is 0 Å². The van der Waals surface area contributed by atoms with Crippen molar-refractivity contribution in [1.29, 1.82) is 0 Å². The van der Waals surface area contributed by atoms with Gasteiger partial charge in [-0.15, -0.1) is 0 Å². The molecular weight excluding hydrogens is 241 g/mol. The summed E-state index contributed by atoms with van der Waals surface area (Å²) in [5.41, 5.74) is -0.287. The van der Waals surface area contributed by atoms with E-state index >= 15 is 0 Å². The van der Waals surface area contributed by atoms with Crippen LogP contribution in [-0.4, -0.2) is 22.9 Å². The van der Waals surface area contributed by atoms with Gasteiger partial charge in [0.05, 0.1) is 11.3 Å². The van der Waals surface area contributed by atoms with Crippen LogP contribution in [0.1, 0.15) is 17.3 Å². The third-order valence-corrected chi connectivity index (χ3v) is 2.54. The van der Waals surface area contributed by atoms with E-state index in [4.69, 9.17) is 5.11 Å². The minimum absolute atomic E-state index is 0.210. The van der Waals surface area contributed by atoms with Crippen LogP contribution in [0.4, 0.5) is 10.1 Å². The van der Waals surface area contributed by atoms with Gasteiger partial charge in [-0.3, -0.25) is 9.59 Å². The average Bonchev–Trinajstić information content (AvgIpc) is 2.54. The summed E-state index contributed by atoms with van der Waals surface area (Å²) in [6, 6.07) is 3.00. The van der Waals surface area contributed by atoms with Gasteiger partial charge in [0.1, 0.15) is 5.82 Å². The Morgan fingerprint density at radius 1 is 1.33 bits per heavy atom. The van der Waals surface area contributed by atoms with E-state index in [9.17, 15) is 18.8 Å². The summed E-state index contributed by atoms with van der Waals surface area (Å²) in [5, 5.41) is 8.69. The van der Waals surface area contributed by atoms with Crippen LogP contribution in [0.2, 0.25) is 0 Å². The van der Waals surface area contributed by atoms with Crippen molar-refractivity contribution in [2.45, 2.75) is 6.92 Å². The predicted molar refractivity (Wildman–Crippen MR) is 59.6 cm³/mol. The molecule has 0 atom stereocenters. The maximum atomic E-state index is 13.7. The summed E-state index contributed by atoms with van der Waals surface area (Å²) in [5.74, 6) is -3.46. The van der Waals surface area contributed by atoms with Crippen LogP contribution in [0.5, 0.6) is 0 Å². The number of carboxylic acid groups (broad SMARTS) is 1. The van der Waals surface area contributed by atoms with E-state index < -0.39 is 23.6 Å². The Bertz CT molecular complexity index is 606. The Hall–Kier alpha value is -2.50. The zero-order valence-electron chi connectivity index (χ0n) is 9.31. The number of anilines is 1. The van der Waals surface area contributed by atoms with Gasteiger partial charge in [0.2, 0.25) is 0 Å². The second-order valence-electron chi connectivity index (χ2n) is 3.78. The minimum atomic E-state index is -1.28. The molecule has 0 unspecified atom stereocenters. The molecule has 1 aromatic rings. The van der Waals surface area contributed by atoms with Gasteiger partial charge in [-0.2, -0.15) is 0 Å². The average molecular weight is 249 g/mol. The Kier molecular flexibility index (Phi) is 2.70. The molecule has 1 aliphatic rings. The molecule has 2 amide bonds. The van der Waals surface area contributed by atoms with Crippen LogP contribution in [0.3, 0.4) is 0 Å². The molecule has 1 aliphatic heterocycles. The first-order chi connectivity index (χ1) is 8.41. The number of benzene rings is 1. The number of carbonyl (C=O) groups is 3. The normalized spacial score (nSPS) is 15.0. The highest BCUT2D eigenvalue weighted by molar-refractivity contribution is 6.30. The fourth-order valence-corrected chi connectivity index (χ4v) is 1.64. The summed E-state index contributed by atoms with van der Waals surface area (Å²) < 4.78 is 13.7. The van der Waals surface area contributed by atoms with Gasteiger partial charge < -0.3 is 5.11 Å². The van der Waals surface area contributed by atoms with E-state index in [-0.39, 0.29) is 16.8 Å². The highest BCUT2D eigenvalue weighted by atomic mass is 19.1. The minimum Gasteiger partial charge on any atom is -0.478 e. The maximum absolute atomic E-state index is 13.7. The third-order valence-electron chi connectivity index (χ3n) is 2.54. The lowest BCUT2D eigenvalue weighted by Crippen LogP contribution is -2.31. The molecule has 0 spiro atoms. The lowest BCUT2D eigenvalue weighted by Gasteiger charge is -2.15. The Balaban J connectivity index is 2.45. The van der Waals surface area contributed by atoms with Crippen LogP contribution in [0.25, 0.3) is 0 Å². The summed E-state index contributed by atoms with van der Waals surface area (Å²) in [6.07, 6.45) is 1.10. The van der Waals surface area contributed by atoms with Crippen molar-refractivity contribution in [3.05, 3.63) is 41.2 Å². The van der Waals surface area contributed by atoms with Crippen LogP contribution < -0.4 is 4.90 Å². The van der Waals surface area contributed by atoms with Crippen LogP contribution in [0.15, 0.2) is 29.8 Å². The van der Waals surface area contributed by atoms with Crippen molar-refractivity contribution in [2.24, 2.45) is 0 Å². The number of hydrogen-bond donors (Lipinski definition) is 1. The first-order valence-corrected chi connectivity index (χ1v) is 5.01. The number of amides is 2. The van der Waals surface area contributed by atoms with E-state index in [1.54, 1.807) is 0 Å². The van der Waals surface area contributed by atoms with Crippen molar-refractivity contribution in [3.63, 3.8) is 0 Å². The summed E-state index contributed by atoms with van der Waals surface area (Å²) in [7, 11) is 0. The van der Waals surface area contributed by atoms with E-state index in [0.29, 0.717) is 4.90 Å². The van der Waals surface area contributed by atoms with E-state index in [1.165, 1.54) is 6.92 Å². The van der Waals surface area contributed by atoms with Crippen LogP contribution >= 0.6 is 0 Å². The summed E-state index contributed by atoms with van der Waals surface area (Å²) in [6.45, 7) is 1.45. The second-order valence-corrected chi connectivity index (χ2v) is 3.78. The number of carboxylic acids is 1. The lowest BCUT2D eigenvalue weighted by molar-refractivity contribution is -0.120. The molecule has 5 nitrogen and oxygen atoms in total. The number of rotatable bonds is 2. The Morgan fingerprint density at radius 3 is 2.44 bits per heavy atom. The number of halogens is 1. The number of carbonyl (C=O) groups excluding carboxylic acids is 2. The topological polar surface area (TPSA) is 74.7 Å². The molecule has 2 rings (SSSR count). The molecule has 1 heterocycles. The highest BCUT2D eigenvalue weighted by Gasteiger charge is 2.31. The molecule has 1 aromatic carbocycles. The predicted octanol–water partition coefficient (Wildman–Crippen LogP) is 1.34. The number of nitrogens with zero attached hydrogens (tertiary/aromatic N) is 1. The van der Waals surface area contributed by atoms with Gasteiger partial charge >= 0.3 is 5.97 Å². The molecule has 0 saturated carbocycles. The second kappa shape index (κ2) is 4.06. The van der Waals surface area contributed by atoms with Crippen LogP contribution in [0, 0.1) is 5.82 Å². The standard InChI is InChI=1S/C12H8FNO4/c1-6-4-10(15)14(11(6)16)9-3-2-7(12(17)18)5-8(9)13/h2-5H,1H3,(H,17,18). The van der Waals surface area contributed by atoms with Gasteiger partial charge in [0, 0.05) is 11.6 Å². The summed E-state index contributed by atoms with van der Waals surface area (Å²) >= 11 is 0. The van der Waals surface area contributed by atoms with E-state index in [0.717, 1.165) is 24.3 Å². The molecule has 0 bridgehead atoms. The maximum Gasteiger partial charge on any atom is 0.335 e. The molecular formula is C12H8FNO4. The quantitative estimate of drug-likeness (QED) is 0.802. The third kappa shape index (κ3) is 1.77. The van der Waals surface area contributed by atoms with Gasteiger partial charge in [-0.1, -0.05) is 0 Å². The monoisotopic (exact) mass is 249 g/mol. The van der Waals surface area contributed by atoms with Gasteiger partial charge in [0.15, 0.2) is 0 Å². The first-order valence-electron chi connectivity index (χ1n) is 5.01. The molecule has 6 heteroatoms. The number of aromatic carboxylic acids is 1. The fraction of sp³-hybridized carbons (Fsp3) is 0.0833. The SMILES string of the molecule is CC1=CC(=O)N(c2ccc(C(=O)O)cc2F)C1=O. The van der Waals surface area contributed by atoms with Crippen molar-refractivity contribution < 1.29 is 23.9 Å². The zero-order chi connectivity index (χ0) is 13.4. The van der Waals surface area contributed by atoms with Crippen molar-refractivity contribution in [1.82, 2.24) is 0 Å². The van der Waals surface area contributed by atoms with Gasteiger partial charge in [0.25, 0.3) is 11.8 Å². The molecule has 0 radical (unpaired) electrons. The zero-order valence-corrected chi connectivity index (χ0v) is 9.31. The summed E-state index contributed by atoms with van der Waals surface area (Å²) in [4.78, 5) is 34.5. The smallest absolute Gasteiger partial charge is 0.335 e. The van der Waals surface area contributed by atoms with E-state index in [2.05, 4.69) is 0 Å². The van der Waals surface area contributed by atoms with Crippen molar-refractivity contribution in [2.75, 3.05) is 4.90 Å². The molecule has 0 saturated heterocycles. The molecule has 0 fully saturated rings. The Labute approximate surface area is 101 Å². The van der Waals surface area contributed by atoms with Crippen molar-refractivity contribution >= 4 is 23.5 Å². The highest BCUT2D eigenvalue weighted by Crippen LogP contribution is 2.25. The molecule has 1 N–H and O–H groups in total. The fourth-order valence-electron chi connectivity index (χ4n) is 1.64. The van der Waals surface area contributed by atoms with Gasteiger partial charge in [-0.05, 0) is 25.1 Å². The largest absolute Gasteiger partial charge is 0.478 e.